The summed E-state index contributed by atoms with van der Waals surface area (Å²) in [6.07, 6.45) is 0.275. The maximum absolute atomic E-state index is 12.1. The number of fused-ring (bicyclic) bond motifs is 2. The minimum Gasteiger partial charge on any atom is -0.449 e. The average Bonchev–Trinajstić information content (AvgIpc) is 3.19. The molecule has 3 heterocycles. The highest BCUT2D eigenvalue weighted by atomic mass is 32.2. The second kappa shape index (κ2) is 9.40. The fourth-order valence-electron chi connectivity index (χ4n) is 3.91. The molecule has 31 heavy (non-hydrogen) atoms. The Morgan fingerprint density at radius 2 is 1.84 bits per heavy atom. The third-order valence-corrected chi connectivity index (χ3v) is 6.57. The molecule has 1 unspecified atom stereocenters. The molecule has 2 saturated heterocycles. The van der Waals surface area contributed by atoms with Crippen molar-refractivity contribution in [3.05, 3.63) is 71.8 Å². The average molecular weight is 441 g/mol. The predicted molar refractivity (Wildman–Crippen MR) is 117 cm³/mol. The van der Waals surface area contributed by atoms with Gasteiger partial charge in [0.2, 0.25) is 0 Å². The molecule has 5 atom stereocenters. The van der Waals surface area contributed by atoms with Crippen LogP contribution in [0.25, 0.3) is 0 Å². The Morgan fingerprint density at radius 3 is 2.65 bits per heavy atom. The van der Waals surface area contributed by atoms with Gasteiger partial charge in [-0.05, 0) is 5.56 Å². The summed E-state index contributed by atoms with van der Waals surface area (Å²) >= 11 is 1.41. The molecular weight excluding hydrogens is 416 g/mol. The van der Waals surface area contributed by atoms with Crippen LogP contribution in [0.2, 0.25) is 0 Å². The van der Waals surface area contributed by atoms with Gasteiger partial charge in [-0.3, -0.25) is 10.3 Å². The second-order valence-electron chi connectivity index (χ2n) is 7.65. The summed E-state index contributed by atoms with van der Waals surface area (Å²) in [4.78, 5) is 16.8. The van der Waals surface area contributed by atoms with E-state index in [9.17, 15) is 4.79 Å². The SMILES string of the molecule is O=C(NC1=N[C@@H]2C[C@@H]3OC(c4ccccc4)OC[C@H]3O[C@@H]2S1)OCCc1ccccc1. The standard InChI is InChI=1S/C23H24N2O5S/c26-23(27-12-11-15-7-3-1-4-8-15)25-22-24-17-13-18-19(30-21(17)31-22)14-28-20(29-18)16-9-5-2-6-10-16/h1-10,17-21H,11-14H2,(H,24,25,26)/t17-,18+,19-,20?,21-/m1/s1. The van der Waals surface area contributed by atoms with E-state index in [0.29, 0.717) is 24.8 Å². The molecule has 3 aliphatic rings. The van der Waals surface area contributed by atoms with E-state index in [1.807, 2.05) is 60.7 Å². The molecular formula is C23H24N2O5S. The zero-order valence-electron chi connectivity index (χ0n) is 16.9. The van der Waals surface area contributed by atoms with Crippen molar-refractivity contribution in [3.63, 3.8) is 0 Å². The number of aliphatic imine (C=N–C) groups is 1. The van der Waals surface area contributed by atoms with Gasteiger partial charge in [-0.15, -0.1) is 0 Å². The molecule has 0 spiro atoms. The van der Waals surface area contributed by atoms with E-state index in [0.717, 1.165) is 17.5 Å². The lowest BCUT2D eigenvalue weighted by molar-refractivity contribution is -0.282. The van der Waals surface area contributed by atoms with Crippen LogP contribution in [0.4, 0.5) is 4.79 Å². The predicted octanol–water partition coefficient (Wildman–Crippen LogP) is 3.66. The Balaban J connectivity index is 1.12. The van der Waals surface area contributed by atoms with Crippen LogP contribution < -0.4 is 5.32 Å². The number of rotatable bonds is 4. The van der Waals surface area contributed by atoms with Crippen LogP contribution in [-0.2, 0) is 25.4 Å². The number of nitrogens with zero attached hydrogens (tertiary/aromatic N) is 1. The van der Waals surface area contributed by atoms with E-state index < -0.39 is 12.4 Å². The molecule has 7 nitrogen and oxygen atoms in total. The topological polar surface area (TPSA) is 78.4 Å². The van der Waals surface area contributed by atoms with E-state index in [2.05, 4.69) is 10.3 Å². The number of nitrogens with one attached hydrogen (secondary N) is 1. The van der Waals surface area contributed by atoms with E-state index in [-0.39, 0.29) is 23.7 Å². The summed E-state index contributed by atoms with van der Waals surface area (Å²) in [6.45, 7) is 0.783. The summed E-state index contributed by atoms with van der Waals surface area (Å²) in [5, 5.41) is 3.26. The number of hydrogen-bond acceptors (Lipinski definition) is 7. The third-order valence-electron chi connectivity index (χ3n) is 5.48. The smallest absolute Gasteiger partial charge is 0.413 e. The Hall–Kier alpha value is -2.39. The van der Waals surface area contributed by atoms with Gasteiger partial charge in [0.25, 0.3) is 0 Å². The first-order chi connectivity index (χ1) is 15.2. The summed E-state index contributed by atoms with van der Waals surface area (Å²) in [7, 11) is 0. The minimum absolute atomic E-state index is 0.0691. The first kappa shape index (κ1) is 20.5. The largest absolute Gasteiger partial charge is 0.449 e. The van der Waals surface area contributed by atoms with Crippen LogP contribution in [0.3, 0.4) is 0 Å². The van der Waals surface area contributed by atoms with E-state index in [1.165, 1.54) is 11.8 Å². The lowest BCUT2D eigenvalue weighted by atomic mass is 10.0. The summed E-state index contributed by atoms with van der Waals surface area (Å²) in [5.41, 5.74) is 1.97. The van der Waals surface area contributed by atoms with Crippen molar-refractivity contribution in [3.8, 4) is 0 Å². The highest BCUT2D eigenvalue weighted by molar-refractivity contribution is 8.14. The maximum Gasteiger partial charge on any atom is 0.413 e. The highest BCUT2D eigenvalue weighted by Crippen LogP contribution is 2.40. The molecule has 2 fully saturated rings. The molecule has 162 valence electrons. The maximum atomic E-state index is 12.1. The monoisotopic (exact) mass is 440 g/mol. The van der Waals surface area contributed by atoms with Gasteiger partial charge in [-0.1, -0.05) is 72.4 Å². The van der Waals surface area contributed by atoms with Gasteiger partial charge in [-0.25, -0.2) is 4.79 Å². The van der Waals surface area contributed by atoms with Crippen LogP contribution in [0.15, 0.2) is 65.7 Å². The number of ether oxygens (including phenoxy) is 4. The van der Waals surface area contributed by atoms with E-state index in [1.54, 1.807) is 0 Å². The van der Waals surface area contributed by atoms with Gasteiger partial charge < -0.3 is 18.9 Å². The number of carbonyl (C=O) groups is 1. The Kier molecular flexibility index (Phi) is 6.22. The molecule has 0 aliphatic carbocycles. The van der Waals surface area contributed by atoms with Gasteiger partial charge >= 0.3 is 6.09 Å². The molecule has 1 amide bonds. The number of amides is 1. The van der Waals surface area contributed by atoms with Gasteiger partial charge in [0, 0.05) is 18.4 Å². The van der Waals surface area contributed by atoms with Gasteiger partial charge in [0.05, 0.1) is 25.4 Å². The number of carbonyl (C=O) groups excluding carboxylic acids is 1. The fourth-order valence-corrected chi connectivity index (χ4v) is 4.99. The minimum atomic E-state index is -0.498. The highest BCUT2D eigenvalue weighted by Gasteiger charge is 2.46. The van der Waals surface area contributed by atoms with E-state index in [4.69, 9.17) is 18.9 Å². The van der Waals surface area contributed by atoms with Crippen LogP contribution in [0.5, 0.6) is 0 Å². The molecule has 5 rings (SSSR count). The summed E-state index contributed by atoms with van der Waals surface area (Å²) in [6, 6.07) is 19.7. The Morgan fingerprint density at radius 1 is 1.06 bits per heavy atom. The number of hydrogen-bond donors (Lipinski definition) is 1. The van der Waals surface area contributed by atoms with Crippen molar-refractivity contribution in [2.75, 3.05) is 13.2 Å². The molecule has 1 N–H and O–H groups in total. The summed E-state index contributed by atoms with van der Waals surface area (Å²) < 4.78 is 23.5. The van der Waals surface area contributed by atoms with E-state index >= 15 is 0 Å². The lowest BCUT2D eigenvalue weighted by Crippen LogP contribution is -2.50. The molecule has 0 radical (unpaired) electrons. The van der Waals surface area contributed by atoms with Gasteiger partial charge in [-0.2, -0.15) is 0 Å². The van der Waals surface area contributed by atoms with Gasteiger partial charge in [0.15, 0.2) is 11.5 Å². The number of benzene rings is 2. The van der Waals surface area contributed by atoms with Crippen LogP contribution in [-0.4, -0.2) is 48.2 Å². The Labute approximate surface area is 185 Å². The van der Waals surface area contributed by atoms with Crippen LogP contribution in [0, 0.1) is 0 Å². The molecule has 3 aliphatic heterocycles. The van der Waals surface area contributed by atoms with Gasteiger partial charge in [0.1, 0.15) is 11.5 Å². The van der Waals surface area contributed by atoms with Crippen molar-refractivity contribution in [2.45, 2.75) is 42.8 Å². The first-order valence-electron chi connectivity index (χ1n) is 10.4. The molecule has 0 bridgehead atoms. The quantitative estimate of drug-likeness (QED) is 0.782. The molecule has 0 aromatic heterocycles. The zero-order valence-corrected chi connectivity index (χ0v) is 17.7. The molecule has 0 saturated carbocycles. The van der Waals surface area contributed by atoms with Crippen molar-refractivity contribution < 1.29 is 23.7 Å². The van der Waals surface area contributed by atoms with Crippen LogP contribution >= 0.6 is 11.8 Å². The zero-order chi connectivity index (χ0) is 21.0. The normalized spacial score (nSPS) is 29.4. The van der Waals surface area contributed by atoms with Crippen LogP contribution in [0.1, 0.15) is 23.8 Å². The first-order valence-corrected chi connectivity index (χ1v) is 11.3. The number of alkyl carbamates (subject to hydrolysis) is 1. The lowest BCUT2D eigenvalue weighted by Gasteiger charge is -2.42. The van der Waals surface area contributed by atoms with Crippen molar-refractivity contribution >= 4 is 23.0 Å². The number of thioether (sulfide) groups is 1. The number of amidine groups is 1. The molecule has 2 aromatic carbocycles. The van der Waals surface area contributed by atoms with Crippen molar-refractivity contribution in [1.82, 2.24) is 5.32 Å². The second-order valence-corrected chi connectivity index (χ2v) is 8.73. The third kappa shape index (κ3) is 4.93. The fraction of sp³-hybridized carbons (Fsp3) is 0.391. The van der Waals surface area contributed by atoms with Crippen molar-refractivity contribution in [2.24, 2.45) is 4.99 Å². The van der Waals surface area contributed by atoms with Crippen molar-refractivity contribution in [1.29, 1.82) is 0 Å². The summed E-state index contributed by atoms with van der Waals surface area (Å²) in [5.74, 6) is 0. The molecule has 8 heteroatoms. The molecule has 2 aromatic rings. The Bertz CT molecular complexity index is 926.